The summed E-state index contributed by atoms with van der Waals surface area (Å²) >= 11 is 5.76. The van der Waals surface area contributed by atoms with E-state index in [0.717, 1.165) is 5.69 Å². The number of nitrogens with zero attached hydrogens (tertiary/aromatic N) is 3. The van der Waals surface area contributed by atoms with Crippen LogP contribution in [0.3, 0.4) is 0 Å². The van der Waals surface area contributed by atoms with Crippen LogP contribution in [0.2, 0.25) is 5.02 Å². The van der Waals surface area contributed by atoms with Gasteiger partial charge in [0.15, 0.2) is 0 Å². The fraction of sp³-hybridized carbons (Fsp3) is 0.125. The first-order chi connectivity index (χ1) is 10.9. The fourth-order valence-corrected chi connectivity index (χ4v) is 2.03. The van der Waals surface area contributed by atoms with Crippen LogP contribution in [0.4, 0.5) is 17.1 Å². The van der Waals surface area contributed by atoms with Crippen molar-refractivity contribution in [3.05, 3.63) is 63.2 Å². The summed E-state index contributed by atoms with van der Waals surface area (Å²) in [5, 5.41) is 10.9. The van der Waals surface area contributed by atoms with Crippen molar-refractivity contribution in [2.75, 3.05) is 11.9 Å². The number of carbonyl (C=O) groups is 1. The van der Waals surface area contributed by atoms with Crippen molar-refractivity contribution >= 4 is 40.8 Å². The molecule has 0 heterocycles. The zero-order chi connectivity index (χ0) is 17.0. The number of rotatable bonds is 4. The van der Waals surface area contributed by atoms with E-state index in [4.69, 9.17) is 11.6 Å². The standard InChI is InChI=1S/C16H14ClN3O3/c1-11(21)19(2)14-6-4-13(5-7-14)18-10-12-3-8-15(17)16(9-12)20(22)23/h3-10H,1-2H3. The van der Waals surface area contributed by atoms with Crippen LogP contribution in [-0.2, 0) is 4.79 Å². The van der Waals surface area contributed by atoms with Crippen LogP contribution in [0.25, 0.3) is 0 Å². The molecular weight excluding hydrogens is 318 g/mol. The molecule has 0 bridgehead atoms. The van der Waals surface area contributed by atoms with Crippen LogP contribution in [0.5, 0.6) is 0 Å². The molecule has 7 heteroatoms. The molecule has 0 saturated carbocycles. The van der Waals surface area contributed by atoms with Gasteiger partial charge in [0.1, 0.15) is 5.02 Å². The van der Waals surface area contributed by atoms with Crippen molar-refractivity contribution in [3.8, 4) is 0 Å². The molecule has 0 aromatic heterocycles. The highest BCUT2D eigenvalue weighted by Gasteiger charge is 2.11. The van der Waals surface area contributed by atoms with Crippen molar-refractivity contribution in [2.24, 2.45) is 4.99 Å². The van der Waals surface area contributed by atoms with Crippen LogP contribution in [0.1, 0.15) is 12.5 Å². The lowest BCUT2D eigenvalue weighted by molar-refractivity contribution is -0.384. The summed E-state index contributed by atoms with van der Waals surface area (Å²) in [6.45, 7) is 1.49. The maximum atomic E-state index is 11.3. The van der Waals surface area contributed by atoms with Gasteiger partial charge < -0.3 is 4.90 Å². The van der Waals surface area contributed by atoms with Crippen molar-refractivity contribution in [2.45, 2.75) is 6.92 Å². The third-order valence-electron chi connectivity index (χ3n) is 3.24. The number of anilines is 1. The second-order valence-electron chi connectivity index (χ2n) is 4.82. The molecule has 0 unspecified atom stereocenters. The topological polar surface area (TPSA) is 75.8 Å². The number of nitro groups is 1. The van der Waals surface area contributed by atoms with E-state index < -0.39 is 4.92 Å². The Balaban J connectivity index is 2.19. The average Bonchev–Trinajstić information content (AvgIpc) is 2.53. The lowest BCUT2D eigenvalue weighted by Gasteiger charge is -2.14. The molecule has 0 saturated heterocycles. The number of hydrogen-bond donors (Lipinski definition) is 0. The van der Waals surface area contributed by atoms with Gasteiger partial charge in [-0.2, -0.15) is 0 Å². The van der Waals surface area contributed by atoms with E-state index in [9.17, 15) is 14.9 Å². The van der Waals surface area contributed by atoms with Gasteiger partial charge in [0.05, 0.1) is 10.6 Å². The van der Waals surface area contributed by atoms with Gasteiger partial charge in [0.25, 0.3) is 5.69 Å². The smallest absolute Gasteiger partial charge is 0.288 e. The second kappa shape index (κ2) is 7.02. The molecule has 0 aliphatic carbocycles. The molecule has 0 atom stereocenters. The van der Waals surface area contributed by atoms with Gasteiger partial charge in [-0.15, -0.1) is 0 Å². The van der Waals surface area contributed by atoms with E-state index in [0.29, 0.717) is 11.3 Å². The van der Waals surface area contributed by atoms with Crippen molar-refractivity contribution in [3.63, 3.8) is 0 Å². The Hall–Kier alpha value is -2.73. The highest BCUT2D eigenvalue weighted by Crippen LogP contribution is 2.25. The number of hydrogen-bond acceptors (Lipinski definition) is 4. The molecule has 2 aromatic rings. The quantitative estimate of drug-likeness (QED) is 0.483. The molecule has 0 fully saturated rings. The van der Waals surface area contributed by atoms with E-state index in [1.807, 2.05) is 0 Å². The molecular formula is C16H14ClN3O3. The van der Waals surface area contributed by atoms with Gasteiger partial charge in [0, 0.05) is 31.9 Å². The van der Waals surface area contributed by atoms with Gasteiger partial charge in [-0.25, -0.2) is 0 Å². The molecule has 1 amide bonds. The minimum atomic E-state index is -0.536. The summed E-state index contributed by atoms with van der Waals surface area (Å²) < 4.78 is 0. The van der Waals surface area contributed by atoms with E-state index in [-0.39, 0.29) is 16.6 Å². The molecule has 0 aliphatic rings. The predicted octanol–water partition coefficient (Wildman–Crippen LogP) is 3.98. The molecule has 0 spiro atoms. The van der Waals surface area contributed by atoms with Gasteiger partial charge in [-0.3, -0.25) is 19.9 Å². The van der Waals surface area contributed by atoms with Gasteiger partial charge >= 0.3 is 0 Å². The number of carbonyl (C=O) groups excluding carboxylic acids is 1. The second-order valence-corrected chi connectivity index (χ2v) is 5.23. The molecule has 0 aliphatic heterocycles. The molecule has 118 valence electrons. The third kappa shape index (κ3) is 4.14. The maximum absolute atomic E-state index is 11.3. The number of aliphatic imine (C=N–C) groups is 1. The minimum Gasteiger partial charge on any atom is -0.316 e. The SMILES string of the molecule is CC(=O)N(C)c1ccc(N=Cc2ccc(Cl)c([N+](=O)[O-])c2)cc1. The summed E-state index contributed by atoms with van der Waals surface area (Å²) in [7, 11) is 1.69. The molecule has 0 radical (unpaired) electrons. The number of nitro benzene ring substituents is 1. The zero-order valence-electron chi connectivity index (χ0n) is 12.6. The highest BCUT2D eigenvalue weighted by molar-refractivity contribution is 6.32. The van der Waals surface area contributed by atoms with E-state index >= 15 is 0 Å². The number of benzene rings is 2. The van der Waals surface area contributed by atoms with Crippen molar-refractivity contribution < 1.29 is 9.72 Å². The third-order valence-corrected chi connectivity index (χ3v) is 3.56. The molecule has 2 rings (SSSR count). The number of amides is 1. The van der Waals surface area contributed by atoms with Crippen LogP contribution in [0.15, 0.2) is 47.5 Å². The van der Waals surface area contributed by atoms with Crippen LogP contribution < -0.4 is 4.90 Å². The maximum Gasteiger partial charge on any atom is 0.288 e. The summed E-state index contributed by atoms with van der Waals surface area (Å²) in [5.41, 5.74) is 1.85. The Kier molecular flexibility index (Phi) is 5.08. The predicted molar refractivity (Wildman–Crippen MR) is 90.9 cm³/mol. The van der Waals surface area contributed by atoms with E-state index in [1.54, 1.807) is 37.4 Å². The van der Waals surface area contributed by atoms with Crippen LogP contribution in [0, 0.1) is 10.1 Å². The molecule has 0 N–H and O–H groups in total. The first-order valence-electron chi connectivity index (χ1n) is 6.71. The lowest BCUT2D eigenvalue weighted by atomic mass is 10.2. The summed E-state index contributed by atoms with van der Waals surface area (Å²) in [4.78, 5) is 27.4. The van der Waals surface area contributed by atoms with Crippen LogP contribution >= 0.6 is 11.6 Å². The normalized spacial score (nSPS) is 10.7. The molecule has 23 heavy (non-hydrogen) atoms. The summed E-state index contributed by atoms with van der Waals surface area (Å²) in [6.07, 6.45) is 1.52. The van der Waals surface area contributed by atoms with Crippen LogP contribution in [-0.4, -0.2) is 24.1 Å². The van der Waals surface area contributed by atoms with Gasteiger partial charge in [0.2, 0.25) is 5.91 Å². The monoisotopic (exact) mass is 331 g/mol. The summed E-state index contributed by atoms with van der Waals surface area (Å²) in [6, 6.07) is 11.5. The lowest BCUT2D eigenvalue weighted by Crippen LogP contribution is -2.22. The van der Waals surface area contributed by atoms with Gasteiger partial charge in [-0.1, -0.05) is 17.7 Å². The Labute approximate surface area is 138 Å². The summed E-state index contributed by atoms with van der Waals surface area (Å²) in [5.74, 6) is -0.0604. The molecule has 6 nitrogen and oxygen atoms in total. The Morgan fingerprint density at radius 2 is 1.91 bits per heavy atom. The molecule has 2 aromatic carbocycles. The Bertz CT molecular complexity index is 773. The number of halogens is 1. The zero-order valence-corrected chi connectivity index (χ0v) is 13.3. The Morgan fingerprint density at radius 1 is 1.26 bits per heavy atom. The average molecular weight is 332 g/mol. The first-order valence-corrected chi connectivity index (χ1v) is 7.08. The van der Waals surface area contributed by atoms with E-state index in [1.165, 1.54) is 30.2 Å². The largest absolute Gasteiger partial charge is 0.316 e. The van der Waals surface area contributed by atoms with Crippen molar-refractivity contribution in [1.82, 2.24) is 0 Å². The highest BCUT2D eigenvalue weighted by atomic mass is 35.5. The first kappa shape index (κ1) is 16.6. The van der Waals surface area contributed by atoms with E-state index in [2.05, 4.69) is 4.99 Å². The van der Waals surface area contributed by atoms with Gasteiger partial charge in [-0.05, 0) is 35.9 Å². The minimum absolute atomic E-state index is 0.0604. The fourth-order valence-electron chi connectivity index (χ4n) is 1.84. The van der Waals surface area contributed by atoms with Crippen molar-refractivity contribution in [1.29, 1.82) is 0 Å². The Morgan fingerprint density at radius 3 is 2.48 bits per heavy atom.